The molecule has 0 aromatic heterocycles. The van der Waals surface area contributed by atoms with Crippen LogP contribution in [-0.4, -0.2) is 5.54 Å². The Kier molecular flexibility index (Phi) is 2.54. The van der Waals surface area contributed by atoms with Crippen molar-refractivity contribution >= 4 is 11.4 Å². The molecule has 1 heterocycles. The molecule has 4 rings (SSSR count). The van der Waals surface area contributed by atoms with Gasteiger partial charge in [-0.15, -0.1) is 0 Å². The second kappa shape index (κ2) is 4.13. The van der Waals surface area contributed by atoms with Crippen molar-refractivity contribution in [3.8, 4) is 0 Å². The Bertz CT molecular complexity index is 677. The van der Waals surface area contributed by atoms with Crippen LogP contribution < -0.4 is 4.90 Å². The van der Waals surface area contributed by atoms with E-state index in [1.165, 1.54) is 29.8 Å². The van der Waals surface area contributed by atoms with Gasteiger partial charge in [-0.25, -0.2) is 0 Å². The Labute approximate surface area is 127 Å². The average molecular weight is 277 g/mol. The molecule has 3 unspecified atom stereocenters. The highest BCUT2D eigenvalue weighted by atomic mass is 15.3. The second-order valence-corrected chi connectivity index (χ2v) is 7.31. The van der Waals surface area contributed by atoms with Gasteiger partial charge in [0.25, 0.3) is 0 Å². The Morgan fingerprint density at radius 2 is 1.57 bits per heavy atom. The summed E-state index contributed by atoms with van der Waals surface area (Å²) < 4.78 is 0. The van der Waals surface area contributed by atoms with Crippen molar-refractivity contribution in [2.45, 2.75) is 44.6 Å². The molecule has 0 amide bonds. The summed E-state index contributed by atoms with van der Waals surface area (Å²) in [5.41, 5.74) is 4.68. The first-order valence-electron chi connectivity index (χ1n) is 8.01. The second-order valence-electron chi connectivity index (χ2n) is 7.31. The van der Waals surface area contributed by atoms with Crippen LogP contribution in [0, 0.1) is 5.92 Å². The van der Waals surface area contributed by atoms with E-state index in [-0.39, 0.29) is 11.0 Å². The highest BCUT2D eigenvalue weighted by Gasteiger charge is 2.61. The molecule has 3 atom stereocenters. The van der Waals surface area contributed by atoms with Crippen molar-refractivity contribution in [2.75, 3.05) is 4.90 Å². The third-order valence-corrected chi connectivity index (χ3v) is 5.94. The fourth-order valence-corrected chi connectivity index (χ4v) is 5.03. The van der Waals surface area contributed by atoms with Gasteiger partial charge in [-0.05, 0) is 49.4 Å². The van der Waals surface area contributed by atoms with Crippen LogP contribution in [0.2, 0.25) is 0 Å². The van der Waals surface area contributed by atoms with Crippen molar-refractivity contribution < 1.29 is 0 Å². The molecule has 0 N–H and O–H groups in total. The van der Waals surface area contributed by atoms with Crippen molar-refractivity contribution in [1.29, 1.82) is 0 Å². The quantitative estimate of drug-likeness (QED) is 0.685. The van der Waals surface area contributed by atoms with Crippen LogP contribution >= 0.6 is 0 Å². The maximum atomic E-state index is 2.60. The van der Waals surface area contributed by atoms with Gasteiger partial charge >= 0.3 is 0 Å². The van der Waals surface area contributed by atoms with Gasteiger partial charge in [-0.1, -0.05) is 50.2 Å². The number of hydrogen-bond acceptors (Lipinski definition) is 1. The Morgan fingerprint density at radius 1 is 0.905 bits per heavy atom. The number of anilines is 2. The van der Waals surface area contributed by atoms with Crippen LogP contribution in [-0.2, 0) is 5.41 Å². The van der Waals surface area contributed by atoms with Gasteiger partial charge < -0.3 is 4.90 Å². The molecular weight excluding hydrogens is 254 g/mol. The van der Waals surface area contributed by atoms with Gasteiger partial charge in [0.1, 0.15) is 0 Å². The molecular formula is C20H23N. The molecule has 2 aliphatic rings. The molecule has 1 nitrogen and oxygen atoms in total. The predicted octanol–water partition coefficient (Wildman–Crippen LogP) is 5.28. The molecule has 108 valence electrons. The summed E-state index contributed by atoms with van der Waals surface area (Å²) in [4.78, 5) is 2.60. The molecule has 21 heavy (non-hydrogen) atoms. The third-order valence-electron chi connectivity index (χ3n) is 5.94. The summed E-state index contributed by atoms with van der Waals surface area (Å²) in [5, 5.41) is 0. The van der Waals surface area contributed by atoms with E-state index in [0.29, 0.717) is 0 Å². The van der Waals surface area contributed by atoms with Gasteiger partial charge in [0.05, 0.1) is 5.54 Å². The highest BCUT2D eigenvalue weighted by Crippen LogP contribution is 2.63. The smallest absolute Gasteiger partial charge is 0.0520 e. The average Bonchev–Trinajstić information content (AvgIpc) is 2.81. The summed E-state index contributed by atoms with van der Waals surface area (Å²) in [6.07, 6.45) is 2.54. The predicted molar refractivity (Wildman–Crippen MR) is 89.2 cm³/mol. The molecule has 0 bridgehead atoms. The van der Waals surface area contributed by atoms with E-state index in [9.17, 15) is 0 Å². The van der Waals surface area contributed by atoms with E-state index >= 15 is 0 Å². The Balaban J connectivity index is 1.98. The standard InChI is InChI=1S/C20H23N/c1-15-13-19(2)17-11-7-8-12-18(17)21(20(19,3)14-15)16-9-5-4-6-10-16/h4-12,15H,13-14H2,1-3H3. The van der Waals surface area contributed by atoms with E-state index in [0.717, 1.165) is 5.92 Å². The molecule has 0 saturated heterocycles. The highest BCUT2D eigenvalue weighted by molar-refractivity contribution is 5.76. The maximum Gasteiger partial charge on any atom is 0.0520 e. The molecule has 1 fully saturated rings. The summed E-state index contributed by atoms with van der Waals surface area (Å²) in [5.74, 6) is 0.777. The number of fused-ring (bicyclic) bond motifs is 3. The maximum absolute atomic E-state index is 2.60. The monoisotopic (exact) mass is 277 g/mol. The van der Waals surface area contributed by atoms with E-state index < -0.39 is 0 Å². The molecule has 1 heteroatoms. The molecule has 1 saturated carbocycles. The van der Waals surface area contributed by atoms with E-state index in [2.05, 4.69) is 80.3 Å². The van der Waals surface area contributed by atoms with Crippen molar-refractivity contribution in [3.05, 3.63) is 60.2 Å². The van der Waals surface area contributed by atoms with Gasteiger partial charge in [0, 0.05) is 16.8 Å². The van der Waals surface area contributed by atoms with Crippen LogP contribution in [0.1, 0.15) is 39.2 Å². The number of nitrogens with zero attached hydrogens (tertiary/aromatic N) is 1. The summed E-state index contributed by atoms with van der Waals surface area (Å²) in [6.45, 7) is 7.34. The summed E-state index contributed by atoms with van der Waals surface area (Å²) >= 11 is 0. The van der Waals surface area contributed by atoms with Crippen LogP contribution in [0.4, 0.5) is 11.4 Å². The lowest BCUT2D eigenvalue weighted by molar-refractivity contribution is 0.330. The normalized spacial score (nSPS) is 33.9. The fraction of sp³-hybridized carbons (Fsp3) is 0.400. The lowest BCUT2D eigenvalue weighted by Crippen LogP contribution is -2.48. The summed E-state index contributed by atoms with van der Waals surface area (Å²) in [7, 11) is 0. The summed E-state index contributed by atoms with van der Waals surface area (Å²) in [6, 6.07) is 19.9. The van der Waals surface area contributed by atoms with Gasteiger partial charge in [-0.3, -0.25) is 0 Å². The molecule has 0 spiro atoms. The van der Waals surface area contributed by atoms with E-state index in [4.69, 9.17) is 0 Å². The Hall–Kier alpha value is -1.76. The molecule has 2 aromatic carbocycles. The molecule has 1 aliphatic carbocycles. The Morgan fingerprint density at radius 3 is 2.33 bits per heavy atom. The molecule has 1 aliphatic heterocycles. The van der Waals surface area contributed by atoms with Crippen molar-refractivity contribution in [3.63, 3.8) is 0 Å². The zero-order valence-electron chi connectivity index (χ0n) is 13.1. The minimum atomic E-state index is 0.178. The minimum Gasteiger partial charge on any atom is -0.334 e. The van der Waals surface area contributed by atoms with Crippen LogP contribution in [0.5, 0.6) is 0 Å². The number of rotatable bonds is 1. The fourth-order valence-electron chi connectivity index (χ4n) is 5.03. The first kappa shape index (κ1) is 12.9. The zero-order chi connectivity index (χ0) is 14.7. The van der Waals surface area contributed by atoms with Crippen molar-refractivity contribution in [1.82, 2.24) is 0 Å². The van der Waals surface area contributed by atoms with Gasteiger partial charge in [0.2, 0.25) is 0 Å². The van der Waals surface area contributed by atoms with Crippen LogP contribution in [0.3, 0.4) is 0 Å². The zero-order valence-corrected chi connectivity index (χ0v) is 13.1. The van der Waals surface area contributed by atoms with Gasteiger partial charge in [-0.2, -0.15) is 0 Å². The van der Waals surface area contributed by atoms with Crippen molar-refractivity contribution in [2.24, 2.45) is 5.92 Å². The number of hydrogen-bond donors (Lipinski definition) is 0. The first-order valence-corrected chi connectivity index (χ1v) is 8.01. The van der Waals surface area contributed by atoms with Crippen LogP contribution in [0.15, 0.2) is 54.6 Å². The lowest BCUT2D eigenvalue weighted by Gasteiger charge is -2.42. The van der Waals surface area contributed by atoms with Crippen LogP contribution in [0.25, 0.3) is 0 Å². The largest absolute Gasteiger partial charge is 0.334 e. The van der Waals surface area contributed by atoms with E-state index in [1.54, 1.807) is 0 Å². The van der Waals surface area contributed by atoms with E-state index in [1.807, 2.05) is 0 Å². The number of benzene rings is 2. The number of para-hydroxylation sites is 2. The van der Waals surface area contributed by atoms with Gasteiger partial charge in [0.15, 0.2) is 0 Å². The molecule has 2 aromatic rings. The molecule has 0 radical (unpaired) electrons. The third kappa shape index (κ3) is 1.52. The lowest BCUT2D eigenvalue weighted by atomic mass is 9.72. The topological polar surface area (TPSA) is 3.24 Å². The SMILES string of the molecule is CC1CC2(C)c3ccccc3N(c3ccccc3)C2(C)C1. The first-order chi connectivity index (χ1) is 10.1. The minimum absolute atomic E-state index is 0.178.